The Bertz CT molecular complexity index is 433. The van der Waals surface area contributed by atoms with Crippen LogP contribution >= 0.6 is 0 Å². The molecule has 0 amide bonds. The minimum atomic E-state index is 0.151. The first kappa shape index (κ1) is 16.4. The fourth-order valence-corrected chi connectivity index (χ4v) is 3.06. The topological polar surface area (TPSA) is 28.2 Å². The molecule has 1 aromatic rings. The standard InChI is InChI=1S/C18H31N3/c1-6-17-10-7-14(2)21(17)13-16-9-8-15(11-19-16)12-20-18(3,4)5/h8-9,11,14,17,20H,6-7,10,12-13H2,1-5H3. The molecule has 21 heavy (non-hydrogen) atoms. The summed E-state index contributed by atoms with van der Waals surface area (Å²) < 4.78 is 0. The second kappa shape index (κ2) is 6.89. The Morgan fingerprint density at radius 3 is 2.62 bits per heavy atom. The van der Waals surface area contributed by atoms with Crippen molar-refractivity contribution in [2.45, 2.75) is 84.6 Å². The molecule has 2 rings (SSSR count). The van der Waals surface area contributed by atoms with Crippen molar-refractivity contribution in [3.05, 3.63) is 29.6 Å². The van der Waals surface area contributed by atoms with E-state index in [9.17, 15) is 0 Å². The second-order valence-electron chi connectivity index (χ2n) is 7.42. The molecular formula is C18H31N3. The maximum atomic E-state index is 4.66. The lowest BCUT2D eigenvalue weighted by Gasteiger charge is -2.27. The van der Waals surface area contributed by atoms with Crippen molar-refractivity contribution >= 4 is 0 Å². The van der Waals surface area contributed by atoms with Crippen molar-refractivity contribution < 1.29 is 0 Å². The molecule has 0 aromatic carbocycles. The Kier molecular flexibility index (Phi) is 5.39. The molecule has 2 unspecified atom stereocenters. The summed E-state index contributed by atoms with van der Waals surface area (Å²) in [5, 5.41) is 3.50. The van der Waals surface area contributed by atoms with Gasteiger partial charge in [-0.1, -0.05) is 13.0 Å². The highest BCUT2D eigenvalue weighted by molar-refractivity contribution is 5.14. The Balaban J connectivity index is 1.93. The lowest BCUT2D eigenvalue weighted by atomic mass is 10.1. The third-order valence-corrected chi connectivity index (χ3v) is 4.48. The monoisotopic (exact) mass is 289 g/mol. The van der Waals surface area contributed by atoms with Crippen LogP contribution in [-0.4, -0.2) is 27.5 Å². The molecular weight excluding hydrogens is 258 g/mol. The average Bonchev–Trinajstić information content (AvgIpc) is 2.78. The van der Waals surface area contributed by atoms with Gasteiger partial charge in [-0.2, -0.15) is 0 Å². The molecule has 3 nitrogen and oxygen atoms in total. The van der Waals surface area contributed by atoms with E-state index >= 15 is 0 Å². The second-order valence-corrected chi connectivity index (χ2v) is 7.42. The molecule has 3 heteroatoms. The Morgan fingerprint density at radius 2 is 2.05 bits per heavy atom. The highest BCUT2D eigenvalue weighted by Gasteiger charge is 2.29. The normalized spacial score (nSPS) is 23.7. The van der Waals surface area contributed by atoms with Crippen LogP contribution in [0.1, 0.15) is 65.1 Å². The molecule has 0 spiro atoms. The van der Waals surface area contributed by atoms with Gasteiger partial charge < -0.3 is 5.32 Å². The van der Waals surface area contributed by atoms with Crippen LogP contribution in [0.4, 0.5) is 0 Å². The van der Waals surface area contributed by atoms with Gasteiger partial charge >= 0.3 is 0 Å². The van der Waals surface area contributed by atoms with E-state index in [2.05, 4.69) is 62.0 Å². The third kappa shape index (κ3) is 4.79. The number of nitrogens with one attached hydrogen (secondary N) is 1. The molecule has 2 heterocycles. The van der Waals surface area contributed by atoms with Gasteiger partial charge in [-0.15, -0.1) is 0 Å². The van der Waals surface area contributed by atoms with Gasteiger partial charge in [0.2, 0.25) is 0 Å². The maximum absolute atomic E-state index is 4.66. The smallest absolute Gasteiger partial charge is 0.0544 e. The van der Waals surface area contributed by atoms with Gasteiger partial charge in [-0.25, -0.2) is 0 Å². The fraction of sp³-hybridized carbons (Fsp3) is 0.722. The first-order valence-electron chi connectivity index (χ1n) is 8.33. The summed E-state index contributed by atoms with van der Waals surface area (Å²) in [5.41, 5.74) is 2.61. The van der Waals surface area contributed by atoms with Gasteiger partial charge in [0.25, 0.3) is 0 Å². The fourth-order valence-electron chi connectivity index (χ4n) is 3.06. The minimum absolute atomic E-state index is 0.151. The molecule has 0 radical (unpaired) electrons. The van der Waals surface area contributed by atoms with Crippen molar-refractivity contribution in [2.75, 3.05) is 0 Å². The number of nitrogens with zero attached hydrogens (tertiary/aromatic N) is 2. The van der Waals surface area contributed by atoms with E-state index < -0.39 is 0 Å². The number of aromatic nitrogens is 1. The highest BCUT2D eigenvalue weighted by Crippen LogP contribution is 2.27. The van der Waals surface area contributed by atoms with Crippen molar-refractivity contribution in [1.82, 2.24) is 15.2 Å². The van der Waals surface area contributed by atoms with E-state index in [-0.39, 0.29) is 5.54 Å². The Morgan fingerprint density at radius 1 is 1.29 bits per heavy atom. The first-order valence-corrected chi connectivity index (χ1v) is 8.33. The molecule has 0 saturated carbocycles. The third-order valence-electron chi connectivity index (χ3n) is 4.48. The Hall–Kier alpha value is -0.930. The number of hydrogen-bond donors (Lipinski definition) is 1. The van der Waals surface area contributed by atoms with Crippen LogP contribution in [-0.2, 0) is 13.1 Å². The molecule has 0 bridgehead atoms. The molecule has 1 N–H and O–H groups in total. The summed E-state index contributed by atoms with van der Waals surface area (Å²) in [4.78, 5) is 7.28. The molecule has 1 aliphatic heterocycles. The van der Waals surface area contributed by atoms with Crippen LogP contribution < -0.4 is 5.32 Å². The lowest BCUT2D eigenvalue weighted by Crippen LogP contribution is -2.35. The summed E-state index contributed by atoms with van der Waals surface area (Å²) in [6.07, 6.45) is 5.94. The molecule has 2 atom stereocenters. The summed E-state index contributed by atoms with van der Waals surface area (Å²) in [6.45, 7) is 13.1. The lowest BCUT2D eigenvalue weighted by molar-refractivity contribution is 0.187. The van der Waals surface area contributed by atoms with Gasteiger partial charge in [0, 0.05) is 36.9 Å². The molecule has 1 fully saturated rings. The van der Waals surface area contributed by atoms with E-state index in [0.717, 1.165) is 19.1 Å². The summed E-state index contributed by atoms with van der Waals surface area (Å²) in [6, 6.07) is 5.84. The van der Waals surface area contributed by atoms with Crippen LogP contribution in [0.25, 0.3) is 0 Å². The highest BCUT2D eigenvalue weighted by atomic mass is 15.2. The van der Waals surface area contributed by atoms with Crippen LogP contribution in [0.3, 0.4) is 0 Å². The summed E-state index contributed by atoms with van der Waals surface area (Å²) >= 11 is 0. The minimum Gasteiger partial charge on any atom is -0.308 e. The van der Waals surface area contributed by atoms with E-state index in [1.807, 2.05) is 6.20 Å². The molecule has 1 aliphatic rings. The van der Waals surface area contributed by atoms with Crippen molar-refractivity contribution in [1.29, 1.82) is 0 Å². The average molecular weight is 289 g/mol. The zero-order chi connectivity index (χ0) is 15.5. The van der Waals surface area contributed by atoms with E-state index in [1.54, 1.807) is 0 Å². The number of pyridine rings is 1. The quantitative estimate of drug-likeness (QED) is 0.895. The molecule has 118 valence electrons. The predicted molar refractivity (Wildman–Crippen MR) is 89.1 cm³/mol. The SMILES string of the molecule is CCC1CCC(C)N1Cc1ccc(CNC(C)(C)C)cn1. The van der Waals surface area contributed by atoms with E-state index in [0.29, 0.717) is 6.04 Å². The van der Waals surface area contributed by atoms with E-state index in [4.69, 9.17) is 0 Å². The van der Waals surface area contributed by atoms with Crippen LogP contribution in [0.5, 0.6) is 0 Å². The Labute approximate surface area is 130 Å². The molecule has 0 aliphatic carbocycles. The molecule has 1 aromatic heterocycles. The van der Waals surface area contributed by atoms with Crippen molar-refractivity contribution in [3.8, 4) is 0 Å². The molecule has 1 saturated heterocycles. The van der Waals surface area contributed by atoms with Gasteiger partial charge in [-0.3, -0.25) is 9.88 Å². The first-order chi connectivity index (χ1) is 9.89. The van der Waals surface area contributed by atoms with Gasteiger partial charge in [0.15, 0.2) is 0 Å². The van der Waals surface area contributed by atoms with Crippen LogP contribution in [0.2, 0.25) is 0 Å². The number of likely N-dealkylation sites (tertiary alicyclic amines) is 1. The van der Waals surface area contributed by atoms with Crippen molar-refractivity contribution in [2.24, 2.45) is 0 Å². The summed E-state index contributed by atoms with van der Waals surface area (Å²) in [5.74, 6) is 0. The van der Waals surface area contributed by atoms with Crippen LogP contribution in [0.15, 0.2) is 18.3 Å². The number of rotatable bonds is 5. The van der Waals surface area contributed by atoms with Gasteiger partial charge in [0.1, 0.15) is 0 Å². The van der Waals surface area contributed by atoms with Gasteiger partial charge in [-0.05, 0) is 58.6 Å². The number of hydrogen-bond acceptors (Lipinski definition) is 3. The largest absolute Gasteiger partial charge is 0.308 e. The van der Waals surface area contributed by atoms with Crippen molar-refractivity contribution in [3.63, 3.8) is 0 Å². The van der Waals surface area contributed by atoms with Crippen LogP contribution in [0, 0.1) is 0 Å². The van der Waals surface area contributed by atoms with E-state index in [1.165, 1.54) is 30.5 Å². The predicted octanol–water partition coefficient (Wildman–Crippen LogP) is 3.73. The van der Waals surface area contributed by atoms with Gasteiger partial charge in [0.05, 0.1) is 5.69 Å². The maximum Gasteiger partial charge on any atom is 0.0544 e. The zero-order valence-corrected chi connectivity index (χ0v) is 14.3. The summed E-state index contributed by atoms with van der Waals surface area (Å²) in [7, 11) is 0. The zero-order valence-electron chi connectivity index (χ0n) is 14.3.